The summed E-state index contributed by atoms with van der Waals surface area (Å²) in [6.45, 7) is 3.89. The van der Waals surface area contributed by atoms with E-state index in [9.17, 15) is 9.59 Å². The van der Waals surface area contributed by atoms with Gasteiger partial charge in [-0.15, -0.1) is 0 Å². The number of hydrogen-bond donors (Lipinski definition) is 6. The van der Waals surface area contributed by atoms with E-state index in [0.29, 0.717) is 18.8 Å². The molecule has 1 radical (unpaired) electrons. The molecule has 0 aliphatic carbocycles. The van der Waals surface area contributed by atoms with Crippen LogP contribution in [0.2, 0.25) is 0 Å². The fourth-order valence-corrected chi connectivity index (χ4v) is 1.56. The van der Waals surface area contributed by atoms with Gasteiger partial charge in [0, 0.05) is 0 Å². The van der Waals surface area contributed by atoms with Gasteiger partial charge in [-0.2, -0.15) is 0 Å². The van der Waals surface area contributed by atoms with E-state index in [4.69, 9.17) is 31.7 Å². The Bertz CT molecular complexity index is 459. The molecule has 0 amide bonds. The van der Waals surface area contributed by atoms with Gasteiger partial charge in [-0.3, -0.25) is 9.59 Å². The quantitative estimate of drug-likeness (QED) is 0.380. The topological polar surface area (TPSA) is 167 Å². The fraction of sp³-hybridized carbons (Fsp3) is 0.467. The van der Waals surface area contributed by atoms with Crippen LogP contribution < -0.4 is 11.5 Å². The summed E-state index contributed by atoms with van der Waals surface area (Å²) in [6, 6.07) is 7.85. The lowest BCUT2D eigenvalue weighted by molar-refractivity contribution is -0.139. The fourth-order valence-electron chi connectivity index (χ4n) is 1.56. The largest absolute Gasteiger partial charge is 0.482 e. The molecule has 0 saturated heterocycles. The van der Waals surface area contributed by atoms with E-state index >= 15 is 0 Å². The number of hydrogen-bond acceptors (Lipinski definition) is 6. The number of nitrogens with two attached hydrogens (primary N) is 2. The minimum absolute atomic E-state index is 0. The molecule has 135 valence electrons. The highest BCUT2D eigenvalue weighted by Gasteiger charge is 2.12. The Kier molecular flexibility index (Phi) is 14.8. The molecule has 1 rings (SSSR count). The Morgan fingerprint density at radius 2 is 1.42 bits per heavy atom. The van der Waals surface area contributed by atoms with E-state index in [1.54, 1.807) is 0 Å². The summed E-state index contributed by atoms with van der Waals surface area (Å²) >= 11 is 0. The number of carboxylic acid groups (broad SMARTS) is 2. The van der Waals surface area contributed by atoms with Crippen molar-refractivity contribution in [1.82, 2.24) is 0 Å². The summed E-state index contributed by atoms with van der Waals surface area (Å²) in [6.07, 6.45) is 0.936. The maximum Gasteiger partial charge on any atom is 0.482 e. The predicted molar refractivity (Wildman–Crippen MR) is 91.0 cm³/mol. The molecule has 24 heavy (non-hydrogen) atoms. The molecule has 9 heteroatoms. The van der Waals surface area contributed by atoms with Crippen molar-refractivity contribution in [2.75, 3.05) is 0 Å². The Morgan fingerprint density at radius 1 is 1.00 bits per heavy atom. The maximum atomic E-state index is 10.4. The Labute approximate surface area is 142 Å². The summed E-state index contributed by atoms with van der Waals surface area (Å²) in [7, 11) is 0. The van der Waals surface area contributed by atoms with Crippen LogP contribution in [0.5, 0.6) is 0 Å². The third-order valence-corrected chi connectivity index (χ3v) is 2.66. The second-order valence-electron chi connectivity index (χ2n) is 5.32. The molecule has 1 aromatic carbocycles. The van der Waals surface area contributed by atoms with Crippen LogP contribution in [0, 0.1) is 5.92 Å². The van der Waals surface area contributed by atoms with Crippen LogP contribution in [0.15, 0.2) is 30.3 Å². The first-order valence-electron chi connectivity index (χ1n) is 7.26. The van der Waals surface area contributed by atoms with Crippen molar-refractivity contribution in [2.24, 2.45) is 17.4 Å². The zero-order valence-corrected chi connectivity index (χ0v) is 13.9. The number of benzene rings is 1. The molecule has 0 aliphatic rings. The van der Waals surface area contributed by atoms with Gasteiger partial charge in [0.2, 0.25) is 0 Å². The predicted octanol–water partition coefficient (Wildman–Crippen LogP) is -0.409. The van der Waals surface area contributed by atoms with Crippen molar-refractivity contribution >= 4 is 19.6 Å². The highest BCUT2D eigenvalue weighted by molar-refractivity contribution is 6.13. The average molecular weight is 341 g/mol. The second-order valence-corrected chi connectivity index (χ2v) is 5.32. The molecule has 8 nitrogen and oxygen atoms in total. The first kappa shape index (κ1) is 24.3. The van der Waals surface area contributed by atoms with Gasteiger partial charge in [-0.1, -0.05) is 44.2 Å². The molecule has 1 aromatic rings. The summed E-state index contributed by atoms with van der Waals surface area (Å²) < 4.78 is 0. The standard InChI is InChI=1S/C9H11NO2.C6H13NO2.BH2O2/c10-8(9(11)12)6-7-4-2-1-3-5-7;1-4(2)3-5(7)6(8)9;2-1-3/h1-5,8H,6,10H2,(H,11,12);4-5H,3,7H2,1-2H3,(H,8,9);2-3H/t8-;5-;/m00./s1. The minimum Gasteiger partial charge on any atom is -0.480 e. The maximum absolute atomic E-state index is 10.4. The van der Waals surface area contributed by atoms with Crippen molar-refractivity contribution < 1.29 is 29.9 Å². The van der Waals surface area contributed by atoms with E-state index in [0.717, 1.165) is 5.56 Å². The van der Waals surface area contributed by atoms with Crippen molar-refractivity contribution in [3.8, 4) is 0 Å². The Hall–Kier alpha value is -1.94. The summed E-state index contributed by atoms with van der Waals surface area (Å²) in [5, 5.41) is 30.8. The molecule has 0 fully saturated rings. The Balaban J connectivity index is 0. The summed E-state index contributed by atoms with van der Waals surface area (Å²) in [5.41, 5.74) is 11.5. The van der Waals surface area contributed by atoms with Crippen LogP contribution in [-0.2, 0) is 16.0 Å². The molecule has 0 saturated carbocycles. The lowest BCUT2D eigenvalue weighted by Gasteiger charge is -2.07. The first-order valence-corrected chi connectivity index (χ1v) is 7.26. The van der Waals surface area contributed by atoms with Crippen LogP contribution in [0.4, 0.5) is 0 Å². The van der Waals surface area contributed by atoms with Gasteiger partial charge in [0.05, 0.1) is 0 Å². The number of aliphatic carboxylic acids is 2. The third kappa shape index (κ3) is 15.0. The van der Waals surface area contributed by atoms with E-state index in [1.807, 2.05) is 44.2 Å². The van der Waals surface area contributed by atoms with Gasteiger partial charge in [0.1, 0.15) is 12.1 Å². The third-order valence-electron chi connectivity index (χ3n) is 2.66. The highest BCUT2D eigenvalue weighted by atomic mass is 16.4. The van der Waals surface area contributed by atoms with Crippen molar-refractivity contribution in [2.45, 2.75) is 38.8 Å². The van der Waals surface area contributed by atoms with Gasteiger partial charge in [0.25, 0.3) is 0 Å². The van der Waals surface area contributed by atoms with Crippen molar-refractivity contribution in [3.63, 3.8) is 0 Å². The molecule has 0 aromatic heterocycles. The zero-order chi connectivity index (χ0) is 19.1. The molecule has 2 atom stereocenters. The zero-order valence-electron chi connectivity index (χ0n) is 13.9. The first-order chi connectivity index (χ1) is 11.1. The van der Waals surface area contributed by atoms with E-state index in [2.05, 4.69) is 0 Å². The van der Waals surface area contributed by atoms with E-state index in [-0.39, 0.29) is 7.69 Å². The molecular weight excluding hydrogens is 315 g/mol. The van der Waals surface area contributed by atoms with Crippen molar-refractivity contribution in [3.05, 3.63) is 35.9 Å². The van der Waals surface area contributed by atoms with Crippen LogP contribution in [0.1, 0.15) is 25.8 Å². The number of carboxylic acids is 2. The molecule has 8 N–H and O–H groups in total. The molecular formula is C15H26BN2O6. The SMILES string of the molecule is CC(C)C[C@H](N)C(=O)O.N[C@@H](Cc1ccccc1)C(=O)O.O[B]O. The lowest BCUT2D eigenvalue weighted by atomic mass is 10.1. The molecule has 0 spiro atoms. The van der Waals surface area contributed by atoms with Gasteiger partial charge in [-0.05, 0) is 24.3 Å². The van der Waals surface area contributed by atoms with Crippen LogP contribution in [0.3, 0.4) is 0 Å². The number of carbonyl (C=O) groups is 2. The molecule has 0 bridgehead atoms. The van der Waals surface area contributed by atoms with Gasteiger partial charge in [-0.25, -0.2) is 0 Å². The Morgan fingerprint density at radius 3 is 1.71 bits per heavy atom. The van der Waals surface area contributed by atoms with Gasteiger partial charge in [0.15, 0.2) is 0 Å². The number of rotatable bonds is 6. The second kappa shape index (κ2) is 14.6. The average Bonchev–Trinajstić information content (AvgIpc) is 2.48. The molecule has 0 unspecified atom stereocenters. The highest BCUT2D eigenvalue weighted by Crippen LogP contribution is 2.02. The monoisotopic (exact) mass is 341 g/mol. The van der Waals surface area contributed by atoms with Crippen LogP contribution in [-0.4, -0.2) is 52.0 Å². The summed E-state index contributed by atoms with van der Waals surface area (Å²) in [5.74, 6) is -1.52. The van der Waals surface area contributed by atoms with E-state index < -0.39 is 24.0 Å². The minimum atomic E-state index is -0.959. The van der Waals surface area contributed by atoms with E-state index in [1.165, 1.54) is 0 Å². The lowest BCUT2D eigenvalue weighted by Crippen LogP contribution is -2.32. The molecule has 0 aliphatic heterocycles. The smallest absolute Gasteiger partial charge is 0.480 e. The summed E-state index contributed by atoms with van der Waals surface area (Å²) in [4.78, 5) is 20.5. The van der Waals surface area contributed by atoms with Gasteiger partial charge >= 0.3 is 19.6 Å². The van der Waals surface area contributed by atoms with Crippen molar-refractivity contribution in [1.29, 1.82) is 0 Å². The van der Waals surface area contributed by atoms with Gasteiger partial charge < -0.3 is 31.7 Å². The normalized spacial score (nSPS) is 12.0. The van der Waals surface area contributed by atoms with Crippen LogP contribution >= 0.6 is 0 Å². The molecule has 0 heterocycles. The van der Waals surface area contributed by atoms with Crippen LogP contribution in [0.25, 0.3) is 0 Å².